The van der Waals surface area contributed by atoms with Gasteiger partial charge >= 0.3 is 5.97 Å². The fourth-order valence-corrected chi connectivity index (χ4v) is 1.22. The second-order valence-electron chi connectivity index (χ2n) is 2.83. The van der Waals surface area contributed by atoms with Gasteiger partial charge in [-0.1, -0.05) is 6.07 Å². The Morgan fingerprint density at radius 3 is 2.87 bits per heavy atom. The average Bonchev–Trinajstić information content (AvgIpc) is 2.62. The molecule has 2 heterocycles. The molecule has 0 saturated heterocycles. The molecule has 2 N–H and O–H groups in total. The SMILES string of the molecule is O=C(O)c1cc(=O)[nH]n1-c1ccccn1. The summed E-state index contributed by atoms with van der Waals surface area (Å²) < 4.78 is 1.13. The maximum Gasteiger partial charge on any atom is 0.354 e. The van der Waals surface area contributed by atoms with E-state index in [9.17, 15) is 9.59 Å². The van der Waals surface area contributed by atoms with Crippen molar-refractivity contribution in [2.24, 2.45) is 0 Å². The van der Waals surface area contributed by atoms with E-state index < -0.39 is 11.5 Å². The van der Waals surface area contributed by atoms with Gasteiger partial charge in [0, 0.05) is 12.3 Å². The fourth-order valence-electron chi connectivity index (χ4n) is 1.22. The predicted octanol–water partition coefficient (Wildman–Crippen LogP) is 0.259. The molecule has 0 saturated carbocycles. The minimum absolute atomic E-state index is 0.140. The van der Waals surface area contributed by atoms with Crippen molar-refractivity contribution >= 4 is 5.97 Å². The Kier molecular flexibility index (Phi) is 2.09. The van der Waals surface area contributed by atoms with E-state index in [1.54, 1.807) is 18.2 Å². The molecule has 0 amide bonds. The number of carboxylic acid groups (broad SMARTS) is 1. The number of aromatic amines is 1. The number of rotatable bonds is 2. The van der Waals surface area contributed by atoms with Gasteiger partial charge in [0.15, 0.2) is 11.5 Å². The standard InChI is InChI=1S/C9H7N3O3/c13-8-5-6(9(14)15)12(11-8)7-3-1-2-4-10-7/h1-5H,(H,11,13)(H,14,15). The van der Waals surface area contributed by atoms with Crippen LogP contribution in [0.15, 0.2) is 35.3 Å². The smallest absolute Gasteiger partial charge is 0.354 e. The van der Waals surface area contributed by atoms with Crippen molar-refractivity contribution in [2.45, 2.75) is 0 Å². The lowest BCUT2D eigenvalue weighted by Gasteiger charge is -2.02. The van der Waals surface area contributed by atoms with Crippen molar-refractivity contribution in [1.82, 2.24) is 14.8 Å². The molecule has 0 aromatic carbocycles. The van der Waals surface area contributed by atoms with Gasteiger partial charge in [-0.2, -0.15) is 0 Å². The van der Waals surface area contributed by atoms with E-state index in [4.69, 9.17) is 5.11 Å². The number of nitrogens with one attached hydrogen (secondary N) is 1. The number of hydrogen-bond acceptors (Lipinski definition) is 3. The van der Waals surface area contributed by atoms with E-state index in [0.717, 1.165) is 10.7 Å². The summed E-state index contributed by atoms with van der Waals surface area (Å²) in [5.74, 6) is -0.823. The highest BCUT2D eigenvalue weighted by Gasteiger charge is 2.13. The lowest BCUT2D eigenvalue weighted by atomic mass is 10.4. The first-order valence-corrected chi connectivity index (χ1v) is 4.15. The first kappa shape index (κ1) is 9.20. The molecule has 0 fully saturated rings. The number of aromatic carboxylic acids is 1. The number of aromatic nitrogens is 3. The van der Waals surface area contributed by atoms with Gasteiger partial charge in [-0.05, 0) is 12.1 Å². The van der Waals surface area contributed by atoms with E-state index in [1.165, 1.54) is 6.20 Å². The quantitative estimate of drug-likeness (QED) is 0.736. The van der Waals surface area contributed by atoms with Crippen molar-refractivity contribution in [3.63, 3.8) is 0 Å². The van der Waals surface area contributed by atoms with Crippen molar-refractivity contribution < 1.29 is 9.90 Å². The van der Waals surface area contributed by atoms with Gasteiger partial charge in [0.2, 0.25) is 0 Å². The summed E-state index contributed by atoms with van der Waals surface area (Å²) >= 11 is 0. The van der Waals surface area contributed by atoms with Crippen LogP contribution in [-0.2, 0) is 0 Å². The van der Waals surface area contributed by atoms with Gasteiger partial charge < -0.3 is 5.11 Å². The highest BCUT2D eigenvalue weighted by molar-refractivity contribution is 5.86. The van der Waals surface area contributed by atoms with Crippen LogP contribution in [0.4, 0.5) is 0 Å². The zero-order valence-corrected chi connectivity index (χ0v) is 7.54. The summed E-state index contributed by atoms with van der Waals surface area (Å²) in [6, 6.07) is 6.01. The lowest BCUT2D eigenvalue weighted by Crippen LogP contribution is -2.10. The molecular weight excluding hydrogens is 198 g/mol. The maximum absolute atomic E-state index is 11.0. The van der Waals surface area contributed by atoms with Crippen LogP contribution in [0, 0.1) is 0 Å². The van der Waals surface area contributed by atoms with Crippen molar-refractivity contribution in [3.05, 3.63) is 46.5 Å². The number of carboxylic acids is 1. The molecule has 0 bridgehead atoms. The third kappa shape index (κ3) is 1.64. The topological polar surface area (TPSA) is 88.0 Å². The van der Waals surface area contributed by atoms with Gasteiger partial charge in [-0.3, -0.25) is 9.89 Å². The normalized spacial score (nSPS) is 10.1. The van der Waals surface area contributed by atoms with Crippen LogP contribution in [-0.4, -0.2) is 25.8 Å². The Morgan fingerprint density at radius 1 is 1.47 bits per heavy atom. The summed E-state index contributed by atoms with van der Waals surface area (Å²) in [5.41, 5.74) is -0.614. The second-order valence-corrected chi connectivity index (χ2v) is 2.83. The third-order valence-electron chi connectivity index (χ3n) is 1.83. The van der Waals surface area contributed by atoms with Crippen LogP contribution in [0.25, 0.3) is 5.82 Å². The van der Waals surface area contributed by atoms with Crippen LogP contribution in [0.2, 0.25) is 0 Å². The highest BCUT2D eigenvalue weighted by atomic mass is 16.4. The van der Waals surface area contributed by atoms with E-state index in [-0.39, 0.29) is 5.69 Å². The minimum Gasteiger partial charge on any atom is -0.477 e. The molecule has 0 aliphatic rings. The van der Waals surface area contributed by atoms with Gasteiger partial charge in [0.1, 0.15) is 0 Å². The largest absolute Gasteiger partial charge is 0.477 e. The van der Waals surface area contributed by atoms with Gasteiger partial charge in [-0.15, -0.1) is 0 Å². The number of hydrogen-bond donors (Lipinski definition) is 2. The fraction of sp³-hybridized carbons (Fsp3) is 0. The van der Waals surface area contributed by atoms with Gasteiger partial charge in [0.05, 0.1) is 0 Å². The number of pyridine rings is 1. The molecule has 0 aliphatic heterocycles. The zero-order valence-electron chi connectivity index (χ0n) is 7.54. The Hall–Kier alpha value is -2.37. The minimum atomic E-state index is -1.18. The van der Waals surface area contributed by atoms with E-state index in [2.05, 4.69) is 10.1 Å². The molecule has 2 aromatic heterocycles. The zero-order chi connectivity index (χ0) is 10.8. The van der Waals surface area contributed by atoms with Crippen molar-refractivity contribution in [2.75, 3.05) is 0 Å². The van der Waals surface area contributed by atoms with E-state index in [1.807, 2.05) is 0 Å². The first-order valence-electron chi connectivity index (χ1n) is 4.15. The number of H-pyrrole nitrogens is 1. The van der Waals surface area contributed by atoms with E-state index >= 15 is 0 Å². The highest BCUT2D eigenvalue weighted by Crippen LogP contribution is 2.04. The number of carbonyl (C=O) groups is 1. The maximum atomic E-state index is 11.0. The van der Waals surface area contributed by atoms with E-state index in [0.29, 0.717) is 5.82 Å². The van der Waals surface area contributed by atoms with Crippen LogP contribution in [0.5, 0.6) is 0 Å². The molecule has 0 atom stereocenters. The summed E-state index contributed by atoms with van der Waals surface area (Å²) in [5, 5.41) is 11.2. The summed E-state index contributed by atoms with van der Waals surface area (Å²) in [6.45, 7) is 0. The number of nitrogens with zero attached hydrogens (tertiary/aromatic N) is 2. The summed E-state index contributed by atoms with van der Waals surface area (Å²) in [7, 11) is 0. The van der Waals surface area contributed by atoms with Crippen LogP contribution in [0.1, 0.15) is 10.5 Å². The molecule has 76 valence electrons. The first-order chi connectivity index (χ1) is 7.18. The molecule has 2 rings (SSSR count). The van der Waals surface area contributed by atoms with Crippen LogP contribution >= 0.6 is 0 Å². The Balaban J connectivity index is 2.63. The van der Waals surface area contributed by atoms with Crippen LogP contribution < -0.4 is 5.56 Å². The Morgan fingerprint density at radius 2 is 2.27 bits per heavy atom. The van der Waals surface area contributed by atoms with Crippen molar-refractivity contribution in [3.8, 4) is 5.82 Å². The molecule has 6 nitrogen and oxygen atoms in total. The second kappa shape index (κ2) is 3.41. The average molecular weight is 205 g/mol. The molecule has 15 heavy (non-hydrogen) atoms. The molecular formula is C9H7N3O3. The van der Waals surface area contributed by atoms with Gasteiger partial charge in [-0.25, -0.2) is 14.5 Å². The Bertz CT molecular complexity index is 541. The van der Waals surface area contributed by atoms with Crippen molar-refractivity contribution in [1.29, 1.82) is 0 Å². The van der Waals surface area contributed by atoms with Crippen LogP contribution in [0.3, 0.4) is 0 Å². The van der Waals surface area contributed by atoms with Gasteiger partial charge in [0.25, 0.3) is 5.56 Å². The lowest BCUT2D eigenvalue weighted by molar-refractivity contribution is 0.0687. The third-order valence-corrected chi connectivity index (χ3v) is 1.83. The molecule has 0 spiro atoms. The molecule has 0 unspecified atom stereocenters. The summed E-state index contributed by atoms with van der Waals surface area (Å²) in [6.07, 6.45) is 1.51. The summed E-state index contributed by atoms with van der Waals surface area (Å²) in [4.78, 5) is 25.8. The monoisotopic (exact) mass is 205 g/mol. The molecule has 2 aromatic rings. The molecule has 6 heteroatoms. The molecule has 0 aliphatic carbocycles. The molecule has 0 radical (unpaired) electrons. The predicted molar refractivity (Wildman–Crippen MR) is 51.1 cm³/mol. The Labute approximate surface area is 83.8 Å².